The van der Waals surface area contributed by atoms with Crippen molar-refractivity contribution in [1.29, 1.82) is 0 Å². The van der Waals surface area contributed by atoms with E-state index in [1.54, 1.807) is 29.6 Å². The predicted molar refractivity (Wildman–Crippen MR) is 122 cm³/mol. The van der Waals surface area contributed by atoms with Gasteiger partial charge in [-0.25, -0.2) is 15.0 Å². The van der Waals surface area contributed by atoms with E-state index in [1.165, 1.54) is 6.33 Å². The molecule has 1 aliphatic rings. The fourth-order valence-electron chi connectivity index (χ4n) is 3.65. The topological polar surface area (TPSA) is 113 Å². The van der Waals surface area contributed by atoms with Crippen molar-refractivity contribution in [3.8, 4) is 11.3 Å². The molecule has 0 radical (unpaired) electrons. The molecule has 4 aromatic heterocycles. The molecular weight excluding hydrogens is 420 g/mol. The van der Waals surface area contributed by atoms with Gasteiger partial charge in [-0.15, -0.1) is 0 Å². The van der Waals surface area contributed by atoms with Crippen LogP contribution in [0, 0.1) is 6.92 Å². The van der Waals surface area contributed by atoms with Crippen LogP contribution in [0.3, 0.4) is 0 Å². The van der Waals surface area contributed by atoms with Crippen molar-refractivity contribution in [3.63, 3.8) is 0 Å². The molecule has 10 nitrogen and oxygen atoms in total. The third kappa shape index (κ3) is 4.64. The Morgan fingerprint density at radius 1 is 1.00 bits per heavy atom. The number of aromatic nitrogens is 5. The van der Waals surface area contributed by atoms with Crippen molar-refractivity contribution < 1.29 is 9.32 Å². The molecule has 0 bridgehead atoms. The van der Waals surface area contributed by atoms with E-state index >= 15 is 0 Å². The molecule has 166 valence electrons. The minimum atomic E-state index is -0.149. The van der Waals surface area contributed by atoms with Gasteiger partial charge in [0.25, 0.3) is 5.91 Å². The molecule has 5 rings (SSSR count). The summed E-state index contributed by atoms with van der Waals surface area (Å²) in [6.45, 7) is 4.43. The van der Waals surface area contributed by atoms with Crippen LogP contribution in [-0.4, -0.2) is 62.1 Å². The van der Waals surface area contributed by atoms with Gasteiger partial charge in [0, 0.05) is 62.5 Å². The Kier molecular flexibility index (Phi) is 5.62. The van der Waals surface area contributed by atoms with Gasteiger partial charge in [0.05, 0.1) is 0 Å². The molecule has 0 spiro atoms. The lowest BCUT2D eigenvalue weighted by Gasteiger charge is -2.35. The van der Waals surface area contributed by atoms with E-state index in [4.69, 9.17) is 4.52 Å². The lowest BCUT2D eigenvalue weighted by atomic mass is 10.2. The molecule has 1 saturated heterocycles. The second kappa shape index (κ2) is 9.03. The second-order valence-electron chi connectivity index (χ2n) is 7.70. The number of amides is 1. The zero-order chi connectivity index (χ0) is 22.6. The highest BCUT2D eigenvalue weighted by atomic mass is 16.5. The van der Waals surface area contributed by atoms with Gasteiger partial charge in [-0.1, -0.05) is 5.16 Å². The fraction of sp³-hybridized carbons (Fsp3) is 0.217. The smallest absolute Gasteiger partial charge is 0.276 e. The van der Waals surface area contributed by atoms with E-state index in [0.29, 0.717) is 43.5 Å². The molecule has 0 atom stereocenters. The van der Waals surface area contributed by atoms with Crippen LogP contribution in [0.2, 0.25) is 0 Å². The first-order valence-electron chi connectivity index (χ1n) is 10.6. The fourth-order valence-corrected chi connectivity index (χ4v) is 3.65. The molecule has 1 aliphatic heterocycles. The quantitative estimate of drug-likeness (QED) is 0.498. The highest BCUT2D eigenvalue weighted by Gasteiger charge is 2.25. The first kappa shape index (κ1) is 20.6. The van der Waals surface area contributed by atoms with E-state index in [2.05, 4.69) is 35.3 Å². The highest BCUT2D eigenvalue weighted by Crippen LogP contribution is 2.22. The summed E-state index contributed by atoms with van der Waals surface area (Å²) in [6.07, 6.45) is 6.64. The molecule has 4 aromatic rings. The number of pyridine rings is 2. The summed E-state index contributed by atoms with van der Waals surface area (Å²) in [5.74, 6) is 2.57. The maximum Gasteiger partial charge on any atom is 0.276 e. The van der Waals surface area contributed by atoms with Gasteiger partial charge in [-0.2, -0.15) is 0 Å². The van der Waals surface area contributed by atoms with E-state index in [0.717, 1.165) is 22.8 Å². The molecule has 10 heteroatoms. The molecule has 5 heterocycles. The Morgan fingerprint density at radius 2 is 1.85 bits per heavy atom. The second-order valence-corrected chi connectivity index (χ2v) is 7.70. The van der Waals surface area contributed by atoms with Gasteiger partial charge < -0.3 is 19.6 Å². The summed E-state index contributed by atoms with van der Waals surface area (Å²) in [7, 11) is 0. The van der Waals surface area contributed by atoms with E-state index < -0.39 is 0 Å². The number of rotatable bonds is 5. The van der Waals surface area contributed by atoms with E-state index in [-0.39, 0.29) is 5.91 Å². The lowest BCUT2D eigenvalue weighted by Crippen LogP contribution is -2.49. The molecule has 0 aromatic carbocycles. The molecule has 0 unspecified atom stereocenters. The zero-order valence-electron chi connectivity index (χ0n) is 18.0. The molecule has 33 heavy (non-hydrogen) atoms. The van der Waals surface area contributed by atoms with Crippen molar-refractivity contribution in [2.45, 2.75) is 6.92 Å². The van der Waals surface area contributed by atoms with E-state index in [9.17, 15) is 4.79 Å². The minimum absolute atomic E-state index is 0.149. The van der Waals surface area contributed by atoms with Gasteiger partial charge in [-0.3, -0.25) is 9.78 Å². The van der Waals surface area contributed by atoms with Crippen molar-refractivity contribution in [2.24, 2.45) is 0 Å². The standard InChI is InChI=1S/C23H22N8O2/c1-16-4-6-25-20(11-16)28-21-13-22(27-15-26-21)30-7-9-31(10-8-30)23(32)18-12-19(33-29-18)17-3-2-5-24-14-17/h2-6,11-15H,7-10H2,1H3,(H,25,26,27,28). The number of nitrogens with one attached hydrogen (secondary N) is 1. The summed E-state index contributed by atoms with van der Waals surface area (Å²) in [6, 6.07) is 11.1. The number of carbonyl (C=O) groups excluding carboxylic acids is 1. The van der Waals surface area contributed by atoms with Crippen LogP contribution in [-0.2, 0) is 0 Å². The molecule has 0 saturated carbocycles. The summed E-state index contributed by atoms with van der Waals surface area (Å²) in [5.41, 5.74) is 2.19. The Bertz CT molecular complexity index is 1250. The number of nitrogens with zero attached hydrogens (tertiary/aromatic N) is 7. The van der Waals surface area contributed by atoms with Crippen LogP contribution < -0.4 is 10.2 Å². The monoisotopic (exact) mass is 442 g/mol. The van der Waals surface area contributed by atoms with Gasteiger partial charge in [0.1, 0.15) is 23.8 Å². The average Bonchev–Trinajstić information content (AvgIpc) is 3.35. The first-order valence-corrected chi connectivity index (χ1v) is 10.6. The normalized spacial score (nSPS) is 13.7. The summed E-state index contributed by atoms with van der Waals surface area (Å²) in [5, 5.41) is 7.17. The van der Waals surface area contributed by atoms with Gasteiger partial charge in [0.15, 0.2) is 11.5 Å². The highest BCUT2D eigenvalue weighted by molar-refractivity contribution is 5.93. The maximum atomic E-state index is 12.9. The van der Waals surface area contributed by atoms with Crippen molar-refractivity contribution in [2.75, 3.05) is 36.4 Å². The number of hydrogen-bond acceptors (Lipinski definition) is 9. The molecule has 0 aliphatic carbocycles. The largest absolute Gasteiger partial charge is 0.355 e. The van der Waals surface area contributed by atoms with Crippen molar-refractivity contribution >= 4 is 23.4 Å². The van der Waals surface area contributed by atoms with Crippen LogP contribution in [0.5, 0.6) is 0 Å². The number of aryl methyl sites for hydroxylation is 1. The van der Waals surface area contributed by atoms with Crippen LogP contribution in [0.15, 0.2) is 65.8 Å². The van der Waals surface area contributed by atoms with Crippen LogP contribution >= 0.6 is 0 Å². The molecular formula is C23H22N8O2. The Hall–Kier alpha value is -4.34. The number of carbonyl (C=O) groups is 1. The van der Waals surface area contributed by atoms with Gasteiger partial charge in [-0.05, 0) is 36.8 Å². The van der Waals surface area contributed by atoms with Gasteiger partial charge in [0.2, 0.25) is 0 Å². The van der Waals surface area contributed by atoms with Crippen molar-refractivity contribution in [3.05, 3.63) is 72.6 Å². The summed E-state index contributed by atoms with van der Waals surface area (Å²) in [4.78, 5) is 33.9. The third-order valence-corrected chi connectivity index (χ3v) is 5.39. The SMILES string of the molecule is Cc1ccnc(Nc2cc(N3CCN(C(=O)c4cc(-c5cccnc5)on4)CC3)ncn2)c1. The number of hydrogen-bond donors (Lipinski definition) is 1. The minimum Gasteiger partial charge on any atom is -0.355 e. The molecule has 1 fully saturated rings. The third-order valence-electron chi connectivity index (χ3n) is 5.39. The molecule has 1 N–H and O–H groups in total. The van der Waals surface area contributed by atoms with Crippen molar-refractivity contribution in [1.82, 2.24) is 30.0 Å². The summed E-state index contributed by atoms with van der Waals surface area (Å²) < 4.78 is 5.35. The molecule has 1 amide bonds. The predicted octanol–water partition coefficient (Wildman–Crippen LogP) is 2.94. The van der Waals surface area contributed by atoms with E-state index in [1.807, 2.05) is 37.3 Å². The van der Waals surface area contributed by atoms with Gasteiger partial charge >= 0.3 is 0 Å². The zero-order valence-corrected chi connectivity index (χ0v) is 18.0. The van der Waals surface area contributed by atoms with Crippen LogP contribution in [0.1, 0.15) is 16.1 Å². The number of piperazine rings is 1. The van der Waals surface area contributed by atoms with Crippen LogP contribution in [0.4, 0.5) is 17.5 Å². The average molecular weight is 442 g/mol. The lowest BCUT2D eigenvalue weighted by molar-refractivity contribution is 0.0736. The Morgan fingerprint density at radius 3 is 2.64 bits per heavy atom. The Balaban J connectivity index is 1.21. The van der Waals surface area contributed by atoms with Crippen LogP contribution in [0.25, 0.3) is 11.3 Å². The Labute approximate surface area is 190 Å². The maximum absolute atomic E-state index is 12.9. The first-order chi connectivity index (χ1) is 16.2. The summed E-state index contributed by atoms with van der Waals surface area (Å²) >= 11 is 0. The number of anilines is 3.